The standard InChI is InChI=1S/C28H50/c1-3-5-7-23-8-10-24(11-9-23)25-12-14-26(15-13-25)28-20-17-27(18-21-28,19-22-28)16-6-4-2/h23-26H,3-22H2,1-2H3/t23-,24-,25-,26-,27?,28?. The second kappa shape index (κ2) is 9.43. The summed E-state index contributed by atoms with van der Waals surface area (Å²) in [5.41, 5.74) is 1.60. The van der Waals surface area contributed by atoms with Gasteiger partial charge >= 0.3 is 0 Å². The first-order valence-corrected chi connectivity index (χ1v) is 13.7. The summed E-state index contributed by atoms with van der Waals surface area (Å²) in [6.45, 7) is 4.73. The lowest BCUT2D eigenvalue weighted by atomic mass is 9.47. The molecule has 0 N–H and O–H groups in total. The summed E-state index contributed by atoms with van der Waals surface area (Å²) in [4.78, 5) is 0. The van der Waals surface area contributed by atoms with Crippen LogP contribution in [0.25, 0.3) is 0 Å². The van der Waals surface area contributed by atoms with Crippen LogP contribution >= 0.6 is 0 Å². The highest BCUT2D eigenvalue weighted by atomic mass is 14.6. The zero-order valence-corrected chi connectivity index (χ0v) is 19.5. The highest BCUT2D eigenvalue weighted by molar-refractivity contribution is 5.03. The van der Waals surface area contributed by atoms with Crippen molar-refractivity contribution in [1.82, 2.24) is 0 Å². The van der Waals surface area contributed by atoms with Crippen molar-refractivity contribution in [2.75, 3.05) is 0 Å². The SMILES string of the molecule is CCCCC12CCC([C@H]3CC[C@H]([C@H]4CC[C@H](CCCC)CC4)CC3)(CC1)CC2. The van der Waals surface area contributed by atoms with Crippen LogP contribution in [0, 0.1) is 34.5 Å². The third-order valence-corrected chi connectivity index (χ3v) is 10.7. The van der Waals surface area contributed by atoms with Gasteiger partial charge in [0.05, 0.1) is 0 Å². The monoisotopic (exact) mass is 386 g/mol. The smallest absolute Gasteiger partial charge is 0.0269 e. The van der Waals surface area contributed by atoms with Crippen molar-refractivity contribution in [2.24, 2.45) is 34.5 Å². The Bertz CT molecular complexity index is 436. The third kappa shape index (κ3) is 4.51. The molecule has 0 aromatic rings. The second-order valence-electron chi connectivity index (χ2n) is 12.0. The van der Waals surface area contributed by atoms with Gasteiger partial charge in [-0.2, -0.15) is 0 Å². The maximum atomic E-state index is 2.38. The molecule has 0 aromatic carbocycles. The molecule has 0 heterocycles. The van der Waals surface area contributed by atoms with Crippen LogP contribution in [0.1, 0.15) is 142 Å². The van der Waals surface area contributed by atoms with Crippen molar-refractivity contribution in [1.29, 1.82) is 0 Å². The highest BCUT2D eigenvalue weighted by Crippen LogP contribution is 2.63. The van der Waals surface area contributed by atoms with Gasteiger partial charge in [0.15, 0.2) is 0 Å². The van der Waals surface area contributed by atoms with E-state index in [0.717, 1.165) is 34.5 Å². The van der Waals surface area contributed by atoms with Crippen LogP contribution in [0.5, 0.6) is 0 Å². The Morgan fingerprint density at radius 3 is 1.68 bits per heavy atom. The van der Waals surface area contributed by atoms with E-state index >= 15 is 0 Å². The Labute approximate surface area is 177 Å². The van der Waals surface area contributed by atoms with Crippen LogP contribution < -0.4 is 0 Å². The van der Waals surface area contributed by atoms with E-state index in [1.54, 1.807) is 96.3 Å². The molecule has 162 valence electrons. The summed E-state index contributed by atoms with van der Waals surface area (Å²) < 4.78 is 0. The minimum Gasteiger partial charge on any atom is -0.0654 e. The van der Waals surface area contributed by atoms with Gasteiger partial charge in [-0.25, -0.2) is 0 Å². The van der Waals surface area contributed by atoms with Gasteiger partial charge in [0, 0.05) is 0 Å². The Hall–Kier alpha value is 0. The molecule has 5 aliphatic carbocycles. The highest BCUT2D eigenvalue weighted by Gasteiger charge is 2.51. The number of hydrogen-bond acceptors (Lipinski definition) is 0. The number of unbranched alkanes of at least 4 members (excludes halogenated alkanes) is 2. The lowest BCUT2D eigenvalue weighted by Crippen LogP contribution is -2.46. The van der Waals surface area contributed by atoms with Crippen molar-refractivity contribution < 1.29 is 0 Å². The topological polar surface area (TPSA) is 0 Å². The van der Waals surface area contributed by atoms with Crippen LogP contribution in [0.15, 0.2) is 0 Å². The van der Waals surface area contributed by atoms with Crippen molar-refractivity contribution in [3.8, 4) is 0 Å². The van der Waals surface area contributed by atoms with Gasteiger partial charge in [-0.1, -0.05) is 58.8 Å². The molecule has 0 aliphatic heterocycles. The van der Waals surface area contributed by atoms with Gasteiger partial charge in [0.2, 0.25) is 0 Å². The third-order valence-electron chi connectivity index (χ3n) is 10.7. The van der Waals surface area contributed by atoms with Gasteiger partial charge < -0.3 is 0 Å². The van der Waals surface area contributed by atoms with E-state index in [2.05, 4.69) is 13.8 Å². The molecular weight excluding hydrogens is 336 g/mol. The fraction of sp³-hybridized carbons (Fsp3) is 1.00. The van der Waals surface area contributed by atoms with E-state index < -0.39 is 0 Å². The van der Waals surface area contributed by atoms with Crippen LogP contribution in [0.2, 0.25) is 0 Å². The second-order valence-corrected chi connectivity index (χ2v) is 12.0. The van der Waals surface area contributed by atoms with Crippen LogP contribution in [0.3, 0.4) is 0 Å². The molecule has 0 aromatic heterocycles. The molecule has 5 fully saturated rings. The fourth-order valence-electron chi connectivity index (χ4n) is 8.48. The molecule has 0 saturated heterocycles. The molecule has 0 nitrogen and oxygen atoms in total. The van der Waals surface area contributed by atoms with Crippen molar-refractivity contribution in [3.05, 3.63) is 0 Å². The molecule has 0 atom stereocenters. The lowest BCUT2D eigenvalue weighted by Gasteiger charge is -2.58. The summed E-state index contributed by atoms with van der Waals surface area (Å²) >= 11 is 0. The number of fused-ring (bicyclic) bond motifs is 3. The van der Waals surface area contributed by atoms with Gasteiger partial charge in [0.1, 0.15) is 0 Å². The van der Waals surface area contributed by atoms with Crippen molar-refractivity contribution in [2.45, 2.75) is 142 Å². The van der Waals surface area contributed by atoms with Crippen LogP contribution in [-0.2, 0) is 0 Å². The Morgan fingerprint density at radius 2 is 1.14 bits per heavy atom. The Kier molecular flexibility index (Phi) is 7.15. The maximum absolute atomic E-state index is 2.38. The summed E-state index contributed by atoms with van der Waals surface area (Å²) in [5.74, 6) is 4.41. The Balaban J connectivity index is 1.22. The van der Waals surface area contributed by atoms with Crippen molar-refractivity contribution in [3.63, 3.8) is 0 Å². The zero-order chi connectivity index (χ0) is 19.5. The lowest BCUT2D eigenvalue weighted by molar-refractivity contribution is -0.0678. The van der Waals surface area contributed by atoms with Gasteiger partial charge in [0.25, 0.3) is 0 Å². The maximum Gasteiger partial charge on any atom is -0.0269 e. The van der Waals surface area contributed by atoms with Gasteiger partial charge in [-0.15, -0.1) is 0 Å². The largest absolute Gasteiger partial charge is 0.0654 e. The molecule has 0 heteroatoms. The van der Waals surface area contributed by atoms with Crippen LogP contribution in [-0.4, -0.2) is 0 Å². The predicted molar refractivity (Wildman–Crippen MR) is 123 cm³/mol. The van der Waals surface area contributed by atoms with Crippen LogP contribution in [0.4, 0.5) is 0 Å². The molecule has 0 radical (unpaired) electrons. The van der Waals surface area contributed by atoms with Gasteiger partial charge in [-0.3, -0.25) is 0 Å². The summed E-state index contributed by atoms with van der Waals surface area (Å²) in [6, 6.07) is 0. The molecule has 5 rings (SSSR count). The summed E-state index contributed by atoms with van der Waals surface area (Å²) in [7, 11) is 0. The van der Waals surface area contributed by atoms with E-state index in [1.165, 1.54) is 32.1 Å². The molecule has 28 heavy (non-hydrogen) atoms. The average Bonchev–Trinajstić information content (AvgIpc) is 2.78. The molecule has 2 bridgehead atoms. The number of rotatable bonds is 8. The normalized spacial score (nSPS) is 43.9. The summed E-state index contributed by atoms with van der Waals surface area (Å²) in [6.07, 6.45) is 31.1. The molecule has 0 unspecified atom stereocenters. The first kappa shape index (κ1) is 21.2. The van der Waals surface area contributed by atoms with Gasteiger partial charge in [-0.05, 0) is 118 Å². The molecule has 0 spiro atoms. The minimum atomic E-state index is 0.797. The molecule has 5 saturated carbocycles. The quantitative estimate of drug-likeness (QED) is 0.390. The molecule has 5 aliphatic rings. The molecular formula is C28H50. The van der Waals surface area contributed by atoms with E-state index in [-0.39, 0.29) is 0 Å². The van der Waals surface area contributed by atoms with E-state index in [4.69, 9.17) is 0 Å². The Morgan fingerprint density at radius 1 is 0.607 bits per heavy atom. The zero-order valence-electron chi connectivity index (χ0n) is 19.5. The summed E-state index contributed by atoms with van der Waals surface area (Å²) in [5, 5.41) is 0. The number of hydrogen-bond donors (Lipinski definition) is 0. The van der Waals surface area contributed by atoms with E-state index in [0.29, 0.717) is 0 Å². The first-order valence-electron chi connectivity index (χ1n) is 13.7. The minimum absolute atomic E-state index is 0.797. The van der Waals surface area contributed by atoms with Crippen molar-refractivity contribution >= 4 is 0 Å². The first-order chi connectivity index (χ1) is 13.7. The van der Waals surface area contributed by atoms with E-state index in [1.807, 2.05) is 0 Å². The van der Waals surface area contributed by atoms with E-state index in [9.17, 15) is 0 Å². The predicted octanol–water partition coefficient (Wildman–Crippen LogP) is 9.32. The molecule has 0 amide bonds. The fourth-order valence-corrected chi connectivity index (χ4v) is 8.48. The average molecular weight is 387 g/mol.